The first-order valence-corrected chi connectivity index (χ1v) is 11.8. The first-order chi connectivity index (χ1) is 15.8. The van der Waals surface area contributed by atoms with Gasteiger partial charge in [0.15, 0.2) is 0 Å². The van der Waals surface area contributed by atoms with Crippen molar-refractivity contribution in [2.24, 2.45) is 0 Å². The van der Waals surface area contributed by atoms with Crippen molar-refractivity contribution < 1.29 is 9.31 Å². The summed E-state index contributed by atoms with van der Waals surface area (Å²) in [6.07, 6.45) is 7.92. The van der Waals surface area contributed by atoms with Crippen molar-refractivity contribution in [3.05, 3.63) is 108 Å². The van der Waals surface area contributed by atoms with Crippen molar-refractivity contribution in [3.8, 4) is 11.1 Å². The predicted molar refractivity (Wildman–Crippen MR) is 139 cm³/mol. The van der Waals surface area contributed by atoms with E-state index in [1.165, 1.54) is 27.8 Å². The Balaban J connectivity index is 1.29. The van der Waals surface area contributed by atoms with E-state index in [0.29, 0.717) is 5.92 Å². The third-order valence-electron chi connectivity index (χ3n) is 7.29. The number of hydrogen-bond acceptors (Lipinski definition) is 2. The monoisotopic (exact) mass is 434 g/mol. The van der Waals surface area contributed by atoms with Crippen LogP contribution in [0.15, 0.2) is 97.1 Å². The molecule has 2 nitrogen and oxygen atoms in total. The largest absolute Gasteiger partial charge is 0.494 e. The first kappa shape index (κ1) is 21.9. The minimum atomic E-state index is -0.334. The van der Waals surface area contributed by atoms with Crippen LogP contribution in [0.25, 0.3) is 16.7 Å². The SMILES string of the molecule is CC1(C)OB(c2cccc(C3=CCC(c4ccc(-c5ccccc5)cc4)C=C3)c2)OC1(C)C. The van der Waals surface area contributed by atoms with Gasteiger partial charge in [0.2, 0.25) is 0 Å². The average Bonchev–Trinajstić information content (AvgIpc) is 3.07. The molecule has 3 heteroatoms. The highest BCUT2D eigenvalue weighted by molar-refractivity contribution is 6.62. The average molecular weight is 434 g/mol. The number of benzene rings is 3. The van der Waals surface area contributed by atoms with Crippen molar-refractivity contribution in [3.63, 3.8) is 0 Å². The molecule has 166 valence electrons. The van der Waals surface area contributed by atoms with E-state index in [9.17, 15) is 0 Å². The molecule has 1 atom stereocenters. The minimum absolute atomic E-state index is 0.332. The zero-order valence-corrected chi connectivity index (χ0v) is 19.9. The molecular formula is C30H31BO2. The minimum Gasteiger partial charge on any atom is -0.399 e. The van der Waals surface area contributed by atoms with E-state index in [4.69, 9.17) is 9.31 Å². The van der Waals surface area contributed by atoms with E-state index in [2.05, 4.69) is 125 Å². The van der Waals surface area contributed by atoms with Gasteiger partial charge in [0, 0.05) is 5.92 Å². The molecule has 0 saturated carbocycles. The van der Waals surface area contributed by atoms with Gasteiger partial charge in [0.05, 0.1) is 11.2 Å². The molecule has 3 aromatic carbocycles. The molecule has 0 spiro atoms. The van der Waals surface area contributed by atoms with Gasteiger partial charge < -0.3 is 9.31 Å². The molecule has 33 heavy (non-hydrogen) atoms. The molecule has 2 aliphatic rings. The first-order valence-electron chi connectivity index (χ1n) is 11.8. The third kappa shape index (κ3) is 4.36. The van der Waals surface area contributed by atoms with E-state index < -0.39 is 0 Å². The van der Waals surface area contributed by atoms with Gasteiger partial charge in [0.1, 0.15) is 0 Å². The molecule has 1 heterocycles. The predicted octanol–water partition coefficient (Wildman–Crippen LogP) is 6.78. The van der Waals surface area contributed by atoms with Crippen LogP contribution in [-0.4, -0.2) is 18.3 Å². The fourth-order valence-electron chi connectivity index (χ4n) is 4.48. The lowest BCUT2D eigenvalue weighted by molar-refractivity contribution is 0.00578. The van der Waals surface area contributed by atoms with Crippen molar-refractivity contribution in [1.82, 2.24) is 0 Å². The topological polar surface area (TPSA) is 18.5 Å². The van der Waals surface area contributed by atoms with Crippen LogP contribution in [0, 0.1) is 0 Å². The van der Waals surface area contributed by atoms with Gasteiger partial charge >= 0.3 is 7.12 Å². The summed E-state index contributed by atoms with van der Waals surface area (Å²) in [4.78, 5) is 0. The van der Waals surface area contributed by atoms with Crippen LogP contribution < -0.4 is 5.46 Å². The van der Waals surface area contributed by atoms with E-state index in [1.807, 2.05) is 0 Å². The molecule has 5 rings (SSSR count). The van der Waals surface area contributed by atoms with Gasteiger partial charge in [0.25, 0.3) is 0 Å². The van der Waals surface area contributed by atoms with Crippen molar-refractivity contribution >= 4 is 18.2 Å². The molecule has 0 aromatic heterocycles. The lowest BCUT2D eigenvalue weighted by Crippen LogP contribution is -2.41. The fourth-order valence-corrected chi connectivity index (χ4v) is 4.48. The fraction of sp³-hybridized carbons (Fsp3) is 0.267. The second kappa shape index (κ2) is 8.48. The van der Waals surface area contributed by atoms with Crippen LogP contribution >= 0.6 is 0 Å². The molecule has 1 saturated heterocycles. The molecule has 1 aliphatic heterocycles. The molecule has 0 amide bonds. The van der Waals surface area contributed by atoms with Crippen LogP contribution in [0.1, 0.15) is 51.2 Å². The maximum Gasteiger partial charge on any atom is 0.494 e. The summed E-state index contributed by atoms with van der Waals surface area (Å²) in [5.74, 6) is 0.407. The summed E-state index contributed by atoms with van der Waals surface area (Å²) in [5.41, 5.74) is 6.73. The van der Waals surface area contributed by atoms with Crippen LogP contribution in [0.2, 0.25) is 0 Å². The highest BCUT2D eigenvalue weighted by Gasteiger charge is 2.51. The molecule has 0 N–H and O–H groups in total. The van der Waals surface area contributed by atoms with Gasteiger partial charge in [-0.05, 0) is 67.4 Å². The lowest BCUT2D eigenvalue weighted by Gasteiger charge is -2.32. The van der Waals surface area contributed by atoms with Gasteiger partial charge in [-0.25, -0.2) is 0 Å². The summed E-state index contributed by atoms with van der Waals surface area (Å²) in [6, 6.07) is 28.1. The van der Waals surface area contributed by atoms with E-state index in [-0.39, 0.29) is 18.3 Å². The molecule has 1 aliphatic carbocycles. The Morgan fingerprint density at radius 3 is 2.00 bits per heavy atom. The summed E-state index contributed by atoms with van der Waals surface area (Å²) < 4.78 is 12.5. The Morgan fingerprint density at radius 2 is 1.36 bits per heavy atom. The number of hydrogen-bond donors (Lipinski definition) is 0. The highest BCUT2D eigenvalue weighted by atomic mass is 16.7. The van der Waals surface area contributed by atoms with Gasteiger partial charge in [-0.2, -0.15) is 0 Å². The second-order valence-corrected chi connectivity index (χ2v) is 10.1. The zero-order valence-electron chi connectivity index (χ0n) is 19.9. The Morgan fingerprint density at radius 1 is 0.727 bits per heavy atom. The Bertz CT molecular complexity index is 1170. The van der Waals surface area contributed by atoms with Crippen LogP contribution in [-0.2, 0) is 9.31 Å². The summed E-state index contributed by atoms with van der Waals surface area (Å²) >= 11 is 0. The van der Waals surface area contributed by atoms with Gasteiger partial charge in [-0.15, -0.1) is 0 Å². The quantitative estimate of drug-likeness (QED) is 0.422. The smallest absolute Gasteiger partial charge is 0.399 e. The number of allylic oxidation sites excluding steroid dienone is 4. The maximum atomic E-state index is 6.25. The van der Waals surface area contributed by atoms with Gasteiger partial charge in [-0.1, -0.05) is 97.1 Å². The zero-order chi connectivity index (χ0) is 23.1. The summed E-state index contributed by atoms with van der Waals surface area (Å²) in [6.45, 7) is 8.37. The molecule has 3 aromatic rings. The van der Waals surface area contributed by atoms with Gasteiger partial charge in [-0.3, -0.25) is 0 Å². The normalized spacial score (nSPS) is 21.2. The Kier molecular flexibility index (Phi) is 5.64. The number of rotatable bonds is 4. The molecule has 0 bridgehead atoms. The van der Waals surface area contributed by atoms with Crippen molar-refractivity contribution in [2.45, 2.75) is 51.2 Å². The Labute approximate surface area is 198 Å². The van der Waals surface area contributed by atoms with Crippen LogP contribution in [0.3, 0.4) is 0 Å². The molecule has 1 fully saturated rings. The van der Waals surface area contributed by atoms with Crippen LogP contribution in [0.4, 0.5) is 0 Å². The molecule has 0 radical (unpaired) electrons. The van der Waals surface area contributed by atoms with E-state index in [1.54, 1.807) is 0 Å². The second-order valence-electron chi connectivity index (χ2n) is 10.1. The van der Waals surface area contributed by atoms with Crippen molar-refractivity contribution in [2.75, 3.05) is 0 Å². The van der Waals surface area contributed by atoms with E-state index >= 15 is 0 Å². The third-order valence-corrected chi connectivity index (χ3v) is 7.29. The molecule has 1 unspecified atom stereocenters. The van der Waals surface area contributed by atoms with Crippen molar-refractivity contribution in [1.29, 1.82) is 0 Å². The highest BCUT2D eigenvalue weighted by Crippen LogP contribution is 2.37. The molecular weight excluding hydrogens is 403 g/mol. The van der Waals surface area contributed by atoms with E-state index in [0.717, 1.165) is 11.9 Å². The Hall–Kier alpha value is -2.88. The summed E-state index contributed by atoms with van der Waals surface area (Å²) in [7, 11) is -0.334. The maximum absolute atomic E-state index is 6.25. The lowest BCUT2D eigenvalue weighted by atomic mass is 9.77. The van der Waals surface area contributed by atoms with Crippen LogP contribution in [0.5, 0.6) is 0 Å². The standard InChI is InChI=1S/C30H31BO2/c1-29(2)30(3,4)33-31(32-29)28-12-8-11-27(21-28)26-19-17-25(18-20-26)24-15-13-23(14-16-24)22-9-6-5-7-10-22/h5-17,19-21,25H,18H2,1-4H3. The summed E-state index contributed by atoms with van der Waals surface area (Å²) in [5, 5.41) is 0.